The Labute approximate surface area is 150 Å². The third-order valence-electron chi connectivity index (χ3n) is 4.18. The summed E-state index contributed by atoms with van der Waals surface area (Å²) in [5.74, 6) is 0.0992. The van der Waals surface area contributed by atoms with Crippen LogP contribution in [-0.4, -0.2) is 29.5 Å². The molecular weight excluding hydrogens is 362 g/mol. The zero-order chi connectivity index (χ0) is 19.2. The average molecular weight is 374 g/mol. The van der Waals surface area contributed by atoms with E-state index in [4.69, 9.17) is 4.74 Å². The number of aldehydes is 1. The summed E-state index contributed by atoms with van der Waals surface area (Å²) >= 11 is 0. The van der Waals surface area contributed by atoms with Gasteiger partial charge in [0.1, 0.15) is 18.1 Å². The van der Waals surface area contributed by atoms with Gasteiger partial charge in [-0.1, -0.05) is 6.07 Å². The van der Waals surface area contributed by atoms with Gasteiger partial charge in [0.15, 0.2) is 11.5 Å². The Morgan fingerprint density at radius 2 is 1.96 bits per heavy atom. The Bertz CT molecular complexity index is 1110. The van der Waals surface area contributed by atoms with E-state index in [2.05, 4.69) is 14.6 Å². The fraction of sp³-hybridized carbons (Fsp3) is 0.167. The van der Waals surface area contributed by atoms with E-state index in [1.807, 2.05) is 0 Å². The zero-order valence-electron chi connectivity index (χ0n) is 13.9. The third-order valence-corrected chi connectivity index (χ3v) is 4.18. The van der Waals surface area contributed by atoms with Crippen molar-refractivity contribution in [2.45, 2.75) is 12.3 Å². The third kappa shape index (κ3) is 2.86. The largest absolute Gasteiger partial charge is 0.586 e. The lowest BCUT2D eigenvalue weighted by Gasteiger charge is -2.14. The maximum Gasteiger partial charge on any atom is 0.586 e. The quantitative estimate of drug-likeness (QED) is 0.653. The molecule has 0 bridgehead atoms. The highest BCUT2D eigenvalue weighted by molar-refractivity contribution is 5.82. The van der Waals surface area contributed by atoms with Gasteiger partial charge in [-0.15, -0.1) is 8.78 Å². The molecule has 0 N–H and O–H groups in total. The van der Waals surface area contributed by atoms with E-state index in [0.717, 1.165) is 4.68 Å². The van der Waals surface area contributed by atoms with Crippen molar-refractivity contribution in [2.24, 2.45) is 0 Å². The number of alkyl halides is 2. The molecule has 0 saturated heterocycles. The van der Waals surface area contributed by atoms with Gasteiger partial charge >= 0.3 is 6.29 Å². The molecule has 0 aliphatic carbocycles. The van der Waals surface area contributed by atoms with Crippen molar-refractivity contribution in [2.75, 3.05) is 7.11 Å². The van der Waals surface area contributed by atoms with E-state index >= 15 is 0 Å². The Hall–Kier alpha value is -3.49. The Balaban J connectivity index is 1.81. The number of hydrogen-bond acceptors (Lipinski definition) is 6. The molecule has 1 aliphatic rings. The minimum absolute atomic E-state index is 0.156. The number of fused-ring (bicyclic) bond motifs is 2. The highest BCUT2D eigenvalue weighted by atomic mass is 19.3. The summed E-state index contributed by atoms with van der Waals surface area (Å²) < 4.78 is 41.2. The SMILES string of the molecule is COc1ccc2cnn(C(C=O)c3ccc4c(c3)OC(F)(F)O4)c(=O)c2c1. The van der Waals surface area contributed by atoms with E-state index in [1.54, 1.807) is 12.1 Å². The first-order valence-corrected chi connectivity index (χ1v) is 7.82. The van der Waals surface area contributed by atoms with Crippen LogP contribution in [0.2, 0.25) is 0 Å². The molecule has 0 fully saturated rings. The van der Waals surface area contributed by atoms with Crippen molar-refractivity contribution in [3.8, 4) is 17.2 Å². The molecule has 0 radical (unpaired) electrons. The minimum Gasteiger partial charge on any atom is -0.497 e. The predicted molar refractivity (Wildman–Crippen MR) is 89.4 cm³/mol. The molecular formula is C18H12F2N2O5. The molecule has 27 heavy (non-hydrogen) atoms. The average Bonchev–Trinajstić information content (AvgIpc) is 2.97. The highest BCUT2D eigenvalue weighted by Gasteiger charge is 2.43. The normalized spacial score (nSPS) is 15.5. The van der Waals surface area contributed by atoms with Gasteiger partial charge in [0, 0.05) is 5.39 Å². The van der Waals surface area contributed by atoms with Gasteiger partial charge in [-0.25, -0.2) is 4.68 Å². The van der Waals surface area contributed by atoms with Crippen molar-refractivity contribution < 1.29 is 27.8 Å². The van der Waals surface area contributed by atoms with Crippen LogP contribution in [0.3, 0.4) is 0 Å². The van der Waals surface area contributed by atoms with E-state index in [1.165, 1.54) is 37.6 Å². The molecule has 0 amide bonds. The standard InChI is InChI=1S/C18H12F2N2O5/c1-25-12-4-2-11-8-21-22(17(24)13(11)7-12)14(9-23)10-3-5-15-16(6-10)27-18(19,20)26-15/h2-9,14H,1H3. The number of aromatic nitrogens is 2. The smallest absolute Gasteiger partial charge is 0.497 e. The molecule has 1 aromatic heterocycles. The van der Waals surface area contributed by atoms with Gasteiger partial charge in [-0.05, 0) is 35.9 Å². The van der Waals surface area contributed by atoms with Crippen molar-refractivity contribution in [3.63, 3.8) is 0 Å². The van der Waals surface area contributed by atoms with Crippen molar-refractivity contribution in [1.82, 2.24) is 9.78 Å². The van der Waals surface area contributed by atoms with Crippen LogP contribution in [0.5, 0.6) is 17.2 Å². The second-order valence-corrected chi connectivity index (χ2v) is 5.80. The van der Waals surface area contributed by atoms with E-state index < -0.39 is 17.9 Å². The minimum atomic E-state index is -3.77. The monoisotopic (exact) mass is 374 g/mol. The lowest BCUT2D eigenvalue weighted by molar-refractivity contribution is -0.286. The van der Waals surface area contributed by atoms with E-state index in [9.17, 15) is 18.4 Å². The topological polar surface area (TPSA) is 79.7 Å². The van der Waals surface area contributed by atoms with Crippen LogP contribution in [0.15, 0.2) is 47.4 Å². The Morgan fingerprint density at radius 1 is 1.19 bits per heavy atom. The predicted octanol–water partition coefficient (Wildman–Crippen LogP) is 2.51. The van der Waals surface area contributed by atoms with Gasteiger partial charge in [0.25, 0.3) is 5.56 Å². The lowest BCUT2D eigenvalue weighted by Crippen LogP contribution is -2.28. The molecule has 0 spiro atoms. The first-order valence-electron chi connectivity index (χ1n) is 7.82. The highest BCUT2D eigenvalue weighted by Crippen LogP contribution is 2.42. The Morgan fingerprint density at radius 3 is 2.70 bits per heavy atom. The van der Waals surface area contributed by atoms with Crippen molar-refractivity contribution in [3.05, 3.63) is 58.5 Å². The summed E-state index contributed by atoms with van der Waals surface area (Å²) in [5.41, 5.74) is -0.270. The maximum absolute atomic E-state index is 13.2. The van der Waals surface area contributed by atoms with Crippen LogP contribution in [0.4, 0.5) is 8.78 Å². The van der Waals surface area contributed by atoms with Gasteiger partial charge in [-0.2, -0.15) is 5.10 Å². The molecule has 7 nitrogen and oxygen atoms in total. The number of rotatable bonds is 4. The molecule has 1 aliphatic heterocycles. The van der Waals surface area contributed by atoms with Crippen molar-refractivity contribution in [1.29, 1.82) is 0 Å². The van der Waals surface area contributed by atoms with Crippen LogP contribution < -0.4 is 19.8 Å². The summed E-state index contributed by atoms with van der Waals surface area (Å²) in [4.78, 5) is 24.5. The second-order valence-electron chi connectivity index (χ2n) is 5.80. The molecule has 2 aromatic carbocycles. The number of hydrogen-bond donors (Lipinski definition) is 0. The van der Waals surface area contributed by atoms with Crippen LogP contribution >= 0.6 is 0 Å². The fourth-order valence-electron chi connectivity index (χ4n) is 2.89. The molecule has 9 heteroatoms. The first-order chi connectivity index (χ1) is 12.9. The maximum atomic E-state index is 13.2. The first kappa shape index (κ1) is 17.0. The zero-order valence-corrected chi connectivity index (χ0v) is 13.9. The molecule has 0 saturated carbocycles. The van der Waals surface area contributed by atoms with Crippen LogP contribution in [0.1, 0.15) is 11.6 Å². The van der Waals surface area contributed by atoms with E-state index in [0.29, 0.717) is 22.8 Å². The summed E-state index contributed by atoms with van der Waals surface area (Å²) in [5, 5.41) is 4.93. The van der Waals surface area contributed by atoms with Crippen molar-refractivity contribution >= 4 is 17.1 Å². The molecule has 3 aromatic rings. The van der Waals surface area contributed by atoms with Gasteiger partial charge in [0.05, 0.1) is 18.7 Å². The fourth-order valence-corrected chi connectivity index (χ4v) is 2.89. The van der Waals surface area contributed by atoms with E-state index in [-0.39, 0.29) is 17.1 Å². The number of benzene rings is 2. The number of ether oxygens (including phenoxy) is 3. The number of methoxy groups -OCH3 is 1. The van der Waals surface area contributed by atoms with Gasteiger partial charge < -0.3 is 19.0 Å². The molecule has 138 valence electrons. The summed E-state index contributed by atoms with van der Waals surface area (Å²) in [6.45, 7) is 0. The lowest BCUT2D eigenvalue weighted by atomic mass is 10.1. The number of carbonyl (C=O) groups excluding carboxylic acids is 1. The number of carbonyl (C=O) groups is 1. The van der Waals surface area contributed by atoms with Crippen LogP contribution in [0, 0.1) is 0 Å². The summed E-state index contributed by atoms with van der Waals surface area (Å²) in [6, 6.07) is 7.63. The summed E-state index contributed by atoms with van der Waals surface area (Å²) in [7, 11) is 1.47. The van der Waals surface area contributed by atoms with Gasteiger partial charge in [-0.3, -0.25) is 4.79 Å². The molecule has 1 unspecified atom stereocenters. The Kier molecular flexibility index (Phi) is 3.79. The van der Waals surface area contributed by atoms with Crippen LogP contribution in [0.25, 0.3) is 10.8 Å². The van der Waals surface area contributed by atoms with Gasteiger partial charge in [0.2, 0.25) is 0 Å². The number of halogens is 2. The van der Waals surface area contributed by atoms with Crippen LogP contribution in [-0.2, 0) is 4.79 Å². The summed E-state index contributed by atoms with van der Waals surface area (Å²) in [6.07, 6.45) is -1.84. The number of nitrogens with zero attached hydrogens (tertiary/aromatic N) is 2. The molecule has 1 atom stereocenters. The second kappa shape index (κ2) is 6.04. The molecule has 2 heterocycles. The molecule has 4 rings (SSSR count).